The van der Waals surface area contributed by atoms with Crippen molar-refractivity contribution in [1.29, 1.82) is 0 Å². The summed E-state index contributed by atoms with van der Waals surface area (Å²) >= 11 is 0. The maximum Gasteiger partial charge on any atom is 0.311 e. The van der Waals surface area contributed by atoms with Gasteiger partial charge in [0.15, 0.2) is 5.76 Å². The van der Waals surface area contributed by atoms with E-state index in [-0.39, 0.29) is 11.7 Å². The van der Waals surface area contributed by atoms with Crippen LogP contribution >= 0.6 is 0 Å². The lowest BCUT2D eigenvalue weighted by atomic mass is 10.1. The molecule has 0 saturated carbocycles. The zero-order valence-electron chi connectivity index (χ0n) is 14.0. The monoisotopic (exact) mass is 324 g/mol. The van der Waals surface area contributed by atoms with Crippen LogP contribution in [0.1, 0.15) is 81.7 Å². The topological polar surface area (TPSA) is 76.7 Å². The van der Waals surface area contributed by atoms with E-state index >= 15 is 0 Å². The summed E-state index contributed by atoms with van der Waals surface area (Å²) in [6.45, 7) is 2.78. The lowest BCUT2D eigenvalue weighted by Crippen LogP contribution is -2.05. The van der Waals surface area contributed by atoms with E-state index in [4.69, 9.17) is 14.3 Å². The normalized spacial score (nSPS) is 10.7. The number of carboxylic acids is 1. The van der Waals surface area contributed by atoms with Crippen LogP contribution in [0.15, 0.2) is 16.5 Å². The zero-order chi connectivity index (χ0) is 16.9. The molecule has 130 valence electrons. The Balaban J connectivity index is 2.05. The molecule has 1 aromatic rings. The Kier molecular flexibility index (Phi) is 9.84. The maximum absolute atomic E-state index is 11.5. The first kappa shape index (κ1) is 19.3. The number of carbonyl (C=O) groups is 2. The molecule has 0 radical (unpaired) electrons. The molecule has 0 aromatic carbocycles. The molecule has 0 fully saturated rings. The molecule has 0 bridgehead atoms. The second kappa shape index (κ2) is 11.7. The highest BCUT2D eigenvalue weighted by atomic mass is 16.6. The standard InChI is InChI=1S/C18H28O5/c1-2-3-4-5-6-7-8-9-10-13-22-18-12-11-16(23-18)15(19)14-17(20)21/h11-12H,2-10,13-14H2,1H3,(H,20,21). The molecular formula is C18H28O5. The van der Waals surface area contributed by atoms with Gasteiger partial charge in [-0.05, 0) is 12.5 Å². The lowest BCUT2D eigenvalue weighted by molar-refractivity contribution is -0.135. The Morgan fingerprint density at radius 2 is 1.61 bits per heavy atom. The predicted octanol–water partition coefficient (Wildman–Crippen LogP) is 4.85. The quantitative estimate of drug-likeness (QED) is 0.301. The third-order valence-electron chi connectivity index (χ3n) is 3.66. The molecule has 0 aliphatic rings. The highest BCUT2D eigenvalue weighted by molar-refractivity contribution is 6.03. The predicted molar refractivity (Wildman–Crippen MR) is 88.0 cm³/mol. The fraction of sp³-hybridized carbons (Fsp3) is 0.667. The molecule has 1 heterocycles. The van der Waals surface area contributed by atoms with Crippen molar-refractivity contribution < 1.29 is 23.8 Å². The van der Waals surface area contributed by atoms with E-state index in [1.54, 1.807) is 6.07 Å². The van der Waals surface area contributed by atoms with Crippen LogP contribution in [0.4, 0.5) is 0 Å². The zero-order valence-corrected chi connectivity index (χ0v) is 14.0. The summed E-state index contributed by atoms with van der Waals surface area (Å²) in [7, 11) is 0. The molecule has 0 saturated heterocycles. The first-order valence-corrected chi connectivity index (χ1v) is 8.61. The van der Waals surface area contributed by atoms with Crippen molar-refractivity contribution >= 4 is 11.8 Å². The Morgan fingerprint density at radius 3 is 2.22 bits per heavy atom. The van der Waals surface area contributed by atoms with Crippen LogP contribution in [-0.4, -0.2) is 23.5 Å². The molecule has 0 amide bonds. The van der Waals surface area contributed by atoms with Gasteiger partial charge in [0, 0.05) is 6.07 Å². The first-order chi connectivity index (χ1) is 11.1. The molecule has 23 heavy (non-hydrogen) atoms. The average molecular weight is 324 g/mol. The van der Waals surface area contributed by atoms with Crippen molar-refractivity contribution in [1.82, 2.24) is 0 Å². The number of furan rings is 1. The third kappa shape index (κ3) is 9.06. The van der Waals surface area contributed by atoms with Crippen LogP contribution < -0.4 is 4.74 Å². The molecule has 0 aliphatic heterocycles. The van der Waals surface area contributed by atoms with Gasteiger partial charge in [-0.25, -0.2) is 0 Å². The summed E-state index contributed by atoms with van der Waals surface area (Å²) in [5.41, 5.74) is 0. The van der Waals surface area contributed by atoms with Crippen molar-refractivity contribution in [3.63, 3.8) is 0 Å². The van der Waals surface area contributed by atoms with Crippen LogP contribution in [0, 0.1) is 0 Å². The van der Waals surface area contributed by atoms with Gasteiger partial charge in [0.2, 0.25) is 5.78 Å². The summed E-state index contributed by atoms with van der Waals surface area (Å²) < 4.78 is 10.6. The second-order valence-corrected chi connectivity index (χ2v) is 5.79. The van der Waals surface area contributed by atoms with Crippen LogP contribution in [-0.2, 0) is 4.79 Å². The van der Waals surface area contributed by atoms with Crippen LogP contribution in [0.2, 0.25) is 0 Å². The fourth-order valence-corrected chi connectivity index (χ4v) is 2.36. The molecule has 1 N–H and O–H groups in total. The van der Waals surface area contributed by atoms with Gasteiger partial charge in [-0.3, -0.25) is 9.59 Å². The van der Waals surface area contributed by atoms with Crippen molar-refractivity contribution in [2.75, 3.05) is 6.61 Å². The van der Waals surface area contributed by atoms with Gasteiger partial charge in [-0.15, -0.1) is 0 Å². The van der Waals surface area contributed by atoms with Gasteiger partial charge in [0.25, 0.3) is 5.95 Å². The van der Waals surface area contributed by atoms with E-state index in [1.165, 1.54) is 51.0 Å². The SMILES string of the molecule is CCCCCCCCCCCOc1ccc(C(=O)CC(=O)O)o1. The first-order valence-electron chi connectivity index (χ1n) is 8.61. The molecular weight excluding hydrogens is 296 g/mol. The summed E-state index contributed by atoms with van der Waals surface area (Å²) in [4.78, 5) is 21.9. The van der Waals surface area contributed by atoms with Crippen LogP contribution in [0.3, 0.4) is 0 Å². The van der Waals surface area contributed by atoms with E-state index in [9.17, 15) is 9.59 Å². The Labute approximate surface area is 138 Å². The van der Waals surface area contributed by atoms with E-state index < -0.39 is 18.2 Å². The largest absolute Gasteiger partial charge is 0.481 e. The van der Waals surface area contributed by atoms with Crippen molar-refractivity contribution in [3.8, 4) is 5.95 Å². The van der Waals surface area contributed by atoms with E-state index in [0.29, 0.717) is 6.61 Å². The molecule has 0 spiro atoms. The number of Topliss-reactive ketones (excluding diaryl/α,β-unsaturated/α-hetero) is 1. The smallest absolute Gasteiger partial charge is 0.311 e. The Hall–Kier alpha value is -1.78. The Bertz CT molecular complexity index is 464. The fourth-order valence-electron chi connectivity index (χ4n) is 2.36. The highest BCUT2D eigenvalue weighted by Gasteiger charge is 2.15. The number of ketones is 1. The van der Waals surface area contributed by atoms with Crippen molar-refractivity contribution in [3.05, 3.63) is 17.9 Å². The van der Waals surface area contributed by atoms with E-state index in [2.05, 4.69) is 6.92 Å². The number of hydrogen-bond acceptors (Lipinski definition) is 4. The number of rotatable bonds is 14. The minimum Gasteiger partial charge on any atom is -0.481 e. The molecule has 0 atom stereocenters. The minimum absolute atomic E-state index is 0.0366. The number of ether oxygens (including phenoxy) is 1. The third-order valence-corrected chi connectivity index (χ3v) is 3.66. The molecule has 5 heteroatoms. The maximum atomic E-state index is 11.5. The van der Waals surface area contributed by atoms with E-state index in [1.807, 2.05) is 0 Å². The van der Waals surface area contributed by atoms with Gasteiger partial charge in [0.1, 0.15) is 6.42 Å². The van der Waals surface area contributed by atoms with Gasteiger partial charge in [-0.2, -0.15) is 0 Å². The summed E-state index contributed by atoms with van der Waals surface area (Å²) in [6.07, 6.45) is 10.6. The molecule has 1 aromatic heterocycles. The summed E-state index contributed by atoms with van der Waals surface area (Å²) in [6, 6.07) is 3.01. The van der Waals surface area contributed by atoms with Gasteiger partial charge < -0.3 is 14.3 Å². The van der Waals surface area contributed by atoms with Crippen LogP contribution in [0.5, 0.6) is 5.95 Å². The van der Waals surface area contributed by atoms with Gasteiger partial charge in [0.05, 0.1) is 6.61 Å². The molecule has 1 rings (SSSR count). The van der Waals surface area contributed by atoms with Gasteiger partial charge >= 0.3 is 5.97 Å². The Morgan fingerprint density at radius 1 is 1.00 bits per heavy atom. The van der Waals surface area contributed by atoms with Crippen molar-refractivity contribution in [2.45, 2.75) is 71.1 Å². The van der Waals surface area contributed by atoms with Crippen LogP contribution in [0.25, 0.3) is 0 Å². The molecule has 0 aliphatic carbocycles. The number of aliphatic carboxylic acids is 1. The summed E-state index contributed by atoms with van der Waals surface area (Å²) in [5.74, 6) is -1.40. The highest BCUT2D eigenvalue weighted by Crippen LogP contribution is 2.18. The molecule has 5 nitrogen and oxygen atoms in total. The molecule has 0 unspecified atom stereocenters. The number of hydrogen-bond donors (Lipinski definition) is 1. The van der Waals surface area contributed by atoms with Crippen molar-refractivity contribution in [2.24, 2.45) is 0 Å². The summed E-state index contributed by atoms with van der Waals surface area (Å²) in [5, 5.41) is 8.56. The second-order valence-electron chi connectivity index (χ2n) is 5.79. The lowest BCUT2D eigenvalue weighted by Gasteiger charge is -2.03. The average Bonchev–Trinajstić information content (AvgIpc) is 2.97. The number of carbonyl (C=O) groups excluding carboxylic acids is 1. The van der Waals surface area contributed by atoms with Gasteiger partial charge in [-0.1, -0.05) is 58.3 Å². The number of carboxylic acid groups (broad SMARTS) is 1. The number of unbranched alkanes of at least 4 members (excludes halogenated alkanes) is 8. The van der Waals surface area contributed by atoms with E-state index in [0.717, 1.165) is 12.8 Å². The minimum atomic E-state index is -1.16.